The van der Waals surface area contributed by atoms with Crippen molar-refractivity contribution in [3.05, 3.63) is 25.9 Å². The van der Waals surface area contributed by atoms with Crippen molar-refractivity contribution in [2.24, 2.45) is 5.92 Å². The van der Waals surface area contributed by atoms with Crippen LogP contribution in [0.3, 0.4) is 0 Å². The first-order chi connectivity index (χ1) is 8.90. The highest BCUT2D eigenvalue weighted by Gasteiger charge is 2.18. The summed E-state index contributed by atoms with van der Waals surface area (Å²) in [6.07, 6.45) is 0.872. The summed E-state index contributed by atoms with van der Waals surface area (Å²) in [4.78, 5) is 8.99. The molecule has 2 rings (SSSR count). The predicted octanol–water partition coefficient (Wildman–Crippen LogP) is 4.20. The molecule has 4 nitrogen and oxygen atoms in total. The van der Waals surface area contributed by atoms with Crippen LogP contribution in [0.5, 0.6) is 0 Å². The van der Waals surface area contributed by atoms with Crippen molar-refractivity contribution in [3.8, 4) is 11.4 Å². The van der Waals surface area contributed by atoms with Gasteiger partial charge in [0.2, 0.25) is 0 Å². The molecular formula is C13H15ClIN3O. The van der Waals surface area contributed by atoms with Gasteiger partial charge in [0.1, 0.15) is 10.9 Å². The Morgan fingerprint density at radius 1 is 1.26 bits per heavy atom. The van der Waals surface area contributed by atoms with E-state index in [9.17, 15) is 0 Å². The van der Waals surface area contributed by atoms with Crippen molar-refractivity contribution in [3.63, 3.8) is 0 Å². The average molecular weight is 392 g/mol. The van der Waals surface area contributed by atoms with Crippen LogP contribution in [-0.4, -0.2) is 15.1 Å². The van der Waals surface area contributed by atoms with E-state index in [2.05, 4.69) is 51.6 Å². The first kappa shape index (κ1) is 14.7. The van der Waals surface area contributed by atoms with Gasteiger partial charge in [-0.15, -0.1) is 0 Å². The molecule has 0 spiro atoms. The van der Waals surface area contributed by atoms with Crippen molar-refractivity contribution in [1.29, 1.82) is 0 Å². The summed E-state index contributed by atoms with van der Waals surface area (Å²) < 4.78 is 6.09. The largest absolute Gasteiger partial charge is 0.361 e. The molecule has 0 radical (unpaired) electrons. The van der Waals surface area contributed by atoms with Gasteiger partial charge in [0.05, 0.1) is 20.5 Å². The first-order valence-electron chi connectivity index (χ1n) is 6.05. The molecule has 0 atom stereocenters. The van der Waals surface area contributed by atoms with Crippen LogP contribution in [0.2, 0.25) is 5.15 Å². The maximum atomic E-state index is 6.21. The minimum Gasteiger partial charge on any atom is -0.361 e. The van der Waals surface area contributed by atoms with Gasteiger partial charge < -0.3 is 4.52 Å². The van der Waals surface area contributed by atoms with E-state index < -0.39 is 0 Å². The van der Waals surface area contributed by atoms with E-state index in [4.69, 9.17) is 16.1 Å². The van der Waals surface area contributed by atoms with Crippen LogP contribution in [0.25, 0.3) is 11.4 Å². The van der Waals surface area contributed by atoms with Crippen LogP contribution in [0.4, 0.5) is 0 Å². The van der Waals surface area contributed by atoms with E-state index >= 15 is 0 Å². The number of halogens is 2. The lowest BCUT2D eigenvalue weighted by Crippen LogP contribution is -2.05. The van der Waals surface area contributed by atoms with Crippen molar-refractivity contribution in [2.45, 2.75) is 34.1 Å². The monoisotopic (exact) mass is 391 g/mol. The predicted molar refractivity (Wildman–Crippen MR) is 83.3 cm³/mol. The molecule has 0 bridgehead atoms. The molecule has 0 aliphatic carbocycles. The van der Waals surface area contributed by atoms with Crippen LogP contribution in [0, 0.1) is 23.3 Å². The Morgan fingerprint density at radius 2 is 1.95 bits per heavy atom. The normalized spacial score (nSPS) is 11.3. The smallest absolute Gasteiger partial charge is 0.166 e. The van der Waals surface area contributed by atoms with Crippen LogP contribution in [-0.2, 0) is 6.42 Å². The quantitative estimate of drug-likeness (QED) is 0.581. The van der Waals surface area contributed by atoms with E-state index in [1.54, 1.807) is 0 Å². The zero-order valence-electron chi connectivity index (χ0n) is 11.3. The van der Waals surface area contributed by atoms with Gasteiger partial charge in [-0.25, -0.2) is 9.97 Å². The topological polar surface area (TPSA) is 51.8 Å². The molecule has 2 aromatic heterocycles. The zero-order chi connectivity index (χ0) is 14.2. The molecule has 0 N–H and O–H groups in total. The summed E-state index contributed by atoms with van der Waals surface area (Å²) in [5.74, 6) is 1.82. The number of aryl methyl sites for hydroxylation is 2. The summed E-state index contributed by atoms with van der Waals surface area (Å²) in [7, 11) is 0. The molecule has 0 amide bonds. The minimum atomic E-state index is 0.487. The van der Waals surface area contributed by atoms with Gasteiger partial charge in [-0.05, 0) is 48.8 Å². The first-order valence-corrected chi connectivity index (χ1v) is 7.51. The Labute approximate surface area is 131 Å². The third kappa shape index (κ3) is 3.08. The summed E-state index contributed by atoms with van der Waals surface area (Å²) >= 11 is 8.41. The molecule has 0 saturated carbocycles. The highest BCUT2D eigenvalue weighted by molar-refractivity contribution is 14.1. The molecular weight excluding hydrogens is 377 g/mol. The molecule has 19 heavy (non-hydrogen) atoms. The molecule has 102 valence electrons. The highest BCUT2D eigenvalue weighted by atomic mass is 127. The van der Waals surface area contributed by atoms with E-state index in [0.29, 0.717) is 22.7 Å². The van der Waals surface area contributed by atoms with Crippen molar-refractivity contribution in [2.75, 3.05) is 0 Å². The molecule has 0 aromatic carbocycles. The molecule has 0 aliphatic rings. The second kappa shape index (κ2) is 5.75. The lowest BCUT2D eigenvalue weighted by molar-refractivity contribution is 0.393. The van der Waals surface area contributed by atoms with E-state index in [-0.39, 0.29) is 0 Å². The second-order valence-electron chi connectivity index (χ2n) is 4.90. The molecule has 0 unspecified atom stereocenters. The van der Waals surface area contributed by atoms with Crippen LogP contribution >= 0.6 is 34.2 Å². The molecule has 6 heteroatoms. The van der Waals surface area contributed by atoms with Crippen LogP contribution < -0.4 is 0 Å². The lowest BCUT2D eigenvalue weighted by atomic mass is 10.1. The highest BCUT2D eigenvalue weighted by Crippen LogP contribution is 2.28. The Hall–Kier alpha value is -0.690. The van der Waals surface area contributed by atoms with Crippen molar-refractivity contribution in [1.82, 2.24) is 15.1 Å². The Kier molecular flexibility index (Phi) is 4.45. The summed E-state index contributed by atoms with van der Waals surface area (Å²) in [5.41, 5.74) is 2.60. The zero-order valence-corrected chi connectivity index (χ0v) is 14.2. The van der Waals surface area contributed by atoms with Crippen LogP contribution in [0.1, 0.15) is 31.0 Å². The maximum absolute atomic E-state index is 6.21. The Balaban J connectivity index is 2.57. The van der Waals surface area contributed by atoms with Crippen LogP contribution in [0.15, 0.2) is 4.52 Å². The van der Waals surface area contributed by atoms with E-state index in [1.165, 1.54) is 0 Å². The number of hydrogen-bond acceptors (Lipinski definition) is 4. The fraction of sp³-hybridized carbons (Fsp3) is 0.462. The molecule has 0 fully saturated rings. The van der Waals surface area contributed by atoms with Gasteiger partial charge in [-0.2, -0.15) is 0 Å². The van der Waals surface area contributed by atoms with Gasteiger partial charge in [-0.3, -0.25) is 0 Å². The van der Waals surface area contributed by atoms with Crippen molar-refractivity contribution < 1.29 is 4.52 Å². The SMILES string of the molecule is Cc1noc(C)c1-c1nc(Cl)c(I)c(CC(C)C)n1. The van der Waals surface area contributed by atoms with Crippen molar-refractivity contribution >= 4 is 34.2 Å². The van der Waals surface area contributed by atoms with E-state index in [0.717, 1.165) is 26.9 Å². The second-order valence-corrected chi connectivity index (χ2v) is 6.33. The third-order valence-electron chi connectivity index (χ3n) is 2.74. The third-order valence-corrected chi connectivity index (χ3v) is 4.46. The number of nitrogens with zero attached hydrogens (tertiary/aromatic N) is 3. The molecule has 2 aromatic rings. The fourth-order valence-corrected chi connectivity index (χ4v) is 2.55. The standard InChI is InChI=1S/C13H15ClIN3O/c1-6(2)5-9-11(15)12(14)17-13(16-9)10-7(3)18-19-8(10)4/h6H,5H2,1-4H3. The van der Waals surface area contributed by atoms with Gasteiger partial charge in [-0.1, -0.05) is 30.6 Å². The lowest BCUT2D eigenvalue weighted by Gasteiger charge is -2.10. The minimum absolute atomic E-state index is 0.487. The fourth-order valence-electron chi connectivity index (χ4n) is 1.90. The average Bonchev–Trinajstić information content (AvgIpc) is 2.64. The van der Waals surface area contributed by atoms with Gasteiger partial charge in [0.15, 0.2) is 5.82 Å². The summed E-state index contributed by atoms with van der Waals surface area (Å²) in [6.45, 7) is 8.04. The van der Waals surface area contributed by atoms with E-state index in [1.807, 2.05) is 13.8 Å². The Bertz CT molecular complexity index is 591. The number of hydrogen-bond donors (Lipinski definition) is 0. The van der Waals surface area contributed by atoms with Gasteiger partial charge in [0, 0.05) is 0 Å². The number of aromatic nitrogens is 3. The summed E-state index contributed by atoms with van der Waals surface area (Å²) in [6, 6.07) is 0. The van der Waals surface area contributed by atoms with Gasteiger partial charge in [0.25, 0.3) is 0 Å². The van der Waals surface area contributed by atoms with Gasteiger partial charge >= 0.3 is 0 Å². The number of rotatable bonds is 3. The Morgan fingerprint density at radius 3 is 2.47 bits per heavy atom. The maximum Gasteiger partial charge on any atom is 0.166 e. The molecule has 2 heterocycles. The summed E-state index contributed by atoms with van der Waals surface area (Å²) in [5, 5.41) is 4.42. The molecule has 0 aliphatic heterocycles. The molecule has 0 saturated heterocycles.